The van der Waals surface area contributed by atoms with E-state index in [0.717, 1.165) is 43.6 Å². The average molecular weight is 246 g/mol. The topological polar surface area (TPSA) is 46.3 Å². The molecule has 0 unspecified atom stereocenters. The van der Waals surface area contributed by atoms with Crippen LogP contribution < -0.4 is 10.6 Å². The van der Waals surface area contributed by atoms with Crippen LogP contribution in [0.25, 0.3) is 0 Å². The van der Waals surface area contributed by atoms with Gasteiger partial charge in [0.05, 0.1) is 0 Å². The summed E-state index contributed by atoms with van der Waals surface area (Å²) in [6.45, 7) is 5.01. The molecule has 0 saturated carbocycles. The smallest absolute Gasteiger partial charge is 0.230 e. The van der Waals surface area contributed by atoms with Gasteiger partial charge in [-0.3, -0.25) is 4.79 Å². The lowest BCUT2D eigenvalue weighted by atomic mass is 9.96. The minimum absolute atomic E-state index is 0.147. The molecule has 0 atom stereocenters. The van der Waals surface area contributed by atoms with E-state index in [2.05, 4.69) is 13.8 Å². The fourth-order valence-corrected chi connectivity index (χ4v) is 2.70. The van der Waals surface area contributed by atoms with E-state index < -0.39 is 0 Å². The third-order valence-electron chi connectivity index (χ3n) is 3.82. The van der Waals surface area contributed by atoms with Gasteiger partial charge >= 0.3 is 0 Å². The zero-order valence-electron chi connectivity index (χ0n) is 11.3. The number of amides is 1. The molecule has 1 heterocycles. The van der Waals surface area contributed by atoms with E-state index >= 15 is 0 Å². The molecule has 1 aliphatic heterocycles. The van der Waals surface area contributed by atoms with E-state index in [1.807, 2.05) is 23.1 Å². The first kappa shape index (κ1) is 12.9. The normalized spacial score (nSPS) is 14.7. The minimum Gasteiger partial charge on any atom is -0.399 e. The van der Waals surface area contributed by atoms with Crippen LogP contribution in [-0.4, -0.2) is 12.5 Å². The highest BCUT2D eigenvalue weighted by molar-refractivity contribution is 5.96. The van der Waals surface area contributed by atoms with Crippen molar-refractivity contribution < 1.29 is 4.79 Å². The fourth-order valence-electron chi connectivity index (χ4n) is 2.70. The molecular weight excluding hydrogens is 224 g/mol. The lowest BCUT2D eigenvalue weighted by molar-refractivity contribution is -0.122. The fraction of sp³-hybridized carbons (Fsp3) is 0.533. The largest absolute Gasteiger partial charge is 0.399 e. The molecule has 0 bridgehead atoms. The van der Waals surface area contributed by atoms with Crippen molar-refractivity contribution in [1.29, 1.82) is 0 Å². The van der Waals surface area contributed by atoms with Gasteiger partial charge in [0.25, 0.3) is 0 Å². The zero-order chi connectivity index (χ0) is 13.1. The summed E-state index contributed by atoms with van der Waals surface area (Å²) >= 11 is 0. The van der Waals surface area contributed by atoms with E-state index in [1.54, 1.807) is 0 Å². The number of hydrogen-bond donors (Lipinski definition) is 1. The highest BCUT2D eigenvalue weighted by atomic mass is 16.2. The van der Waals surface area contributed by atoms with Gasteiger partial charge in [-0.1, -0.05) is 13.8 Å². The van der Waals surface area contributed by atoms with Gasteiger partial charge in [0.2, 0.25) is 5.91 Å². The van der Waals surface area contributed by atoms with Gasteiger partial charge < -0.3 is 10.6 Å². The third-order valence-corrected chi connectivity index (χ3v) is 3.82. The highest BCUT2D eigenvalue weighted by Crippen LogP contribution is 2.30. The molecule has 3 heteroatoms. The Morgan fingerprint density at radius 1 is 1.39 bits per heavy atom. The summed E-state index contributed by atoms with van der Waals surface area (Å²) in [5.41, 5.74) is 8.87. The maximum absolute atomic E-state index is 12.5. The lowest BCUT2D eigenvalue weighted by Gasteiger charge is -2.32. The molecule has 0 fully saturated rings. The number of nitrogens with zero attached hydrogens (tertiary/aromatic N) is 1. The van der Waals surface area contributed by atoms with E-state index in [9.17, 15) is 4.79 Å². The van der Waals surface area contributed by atoms with Crippen molar-refractivity contribution in [2.75, 3.05) is 17.2 Å². The number of nitrogens with two attached hydrogens (primary N) is 1. The molecule has 3 nitrogen and oxygen atoms in total. The SMILES string of the molecule is CCC(CC)C(=O)N1CCCc2cc(N)ccc21. The maximum atomic E-state index is 12.5. The summed E-state index contributed by atoms with van der Waals surface area (Å²) < 4.78 is 0. The quantitative estimate of drug-likeness (QED) is 0.833. The minimum atomic E-state index is 0.147. The van der Waals surface area contributed by atoms with Crippen LogP contribution >= 0.6 is 0 Å². The highest BCUT2D eigenvalue weighted by Gasteiger charge is 2.26. The maximum Gasteiger partial charge on any atom is 0.230 e. The van der Waals surface area contributed by atoms with E-state index in [1.165, 1.54) is 5.56 Å². The van der Waals surface area contributed by atoms with Crippen molar-refractivity contribution in [1.82, 2.24) is 0 Å². The molecule has 2 rings (SSSR count). The molecule has 0 radical (unpaired) electrons. The lowest BCUT2D eigenvalue weighted by Crippen LogP contribution is -2.39. The number of fused-ring (bicyclic) bond motifs is 1. The molecule has 1 aliphatic rings. The van der Waals surface area contributed by atoms with Crippen molar-refractivity contribution in [3.05, 3.63) is 23.8 Å². The number of rotatable bonds is 3. The molecule has 0 aliphatic carbocycles. The van der Waals surface area contributed by atoms with Crippen molar-refractivity contribution in [3.8, 4) is 0 Å². The summed E-state index contributed by atoms with van der Waals surface area (Å²) in [5.74, 6) is 0.416. The molecule has 0 aromatic heterocycles. The Bertz CT molecular complexity index is 438. The van der Waals surface area contributed by atoms with Crippen LogP contribution in [0.15, 0.2) is 18.2 Å². The monoisotopic (exact) mass is 246 g/mol. The Kier molecular flexibility index (Phi) is 3.90. The van der Waals surface area contributed by atoms with Crippen molar-refractivity contribution >= 4 is 17.3 Å². The van der Waals surface area contributed by atoms with Gasteiger partial charge in [0.15, 0.2) is 0 Å². The third kappa shape index (κ3) is 2.35. The first-order valence-corrected chi connectivity index (χ1v) is 6.87. The number of aryl methyl sites for hydroxylation is 1. The second-order valence-corrected chi connectivity index (χ2v) is 4.99. The second kappa shape index (κ2) is 5.42. The Morgan fingerprint density at radius 2 is 2.11 bits per heavy atom. The van der Waals surface area contributed by atoms with Crippen LogP contribution in [0.3, 0.4) is 0 Å². The number of carbonyl (C=O) groups is 1. The van der Waals surface area contributed by atoms with E-state index in [0.29, 0.717) is 0 Å². The first-order valence-electron chi connectivity index (χ1n) is 6.87. The van der Waals surface area contributed by atoms with Crippen LogP contribution in [-0.2, 0) is 11.2 Å². The zero-order valence-corrected chi connectivity index (χ0v) is 11.3. The molecule has 18 heavy (non-hydrogen) atoms. The molecule has 1 aromatic rings. The van der Waals surface area contributed by atoms with Gasteiger partial charge in [-0.2, -0.15) is 0 Å². The van der Waals surface area contributed by atoms with Crippen molar-refractivity contribution in [2.45, 2.75) is 39.5 Å². The summed E-state index contributed by atoms with van der Waals surface area (Å²) in [4.78, 5) is 14.5. The molecule has 98 valence electrons. The Balaban J connectivity index is 2.30. The summed E-state index contributed by atoms with van der Waals surface area (Å²) in [7, 11) is 0. The molecule has 0 saturated heterocycles. The van der Waals surface area contributed by atoms with Gasteiger partial charge in [0, 0.05) is 23.8 Å². The van der Waals surface area contributed by atoms with Gasteiger partial charge in [0.1, 0.15) is 0 Å². The number of anilines is 2. The number of benzene rings is 1. The van der Waals surface area contributed by atoms with Crippen LogP contribution in [0, 0.1) is 5.92 Å². The number of carbonyl (C=O) groups excluding carboxylic acids is 1. The number of nitrogen functional groups attached to an aromatic ring is 1. The molecule has 1 amide bonds. The average Bonchev–Trinajstić information content (AvgIpc) is 2.39. The number of hydrogen-bond acceptors (Lipinski definition) is 2. The standard InChI is InChI=1S/C15H22N2O/c1-3-11(4-2)15(18)17-9-5-6-12-10-13(16)7-8-14(12)17/h7-8,10-11H,3-6,9,16H2,1-2H3. The van der Waals surface area contributed by atoms with Gasteiger partial charge in [-0.15, -0.1) is 0 Å². The Labute approximate surface area is 109 Å². The van der Waals surface area contributed by atoms with E-state index in [4.69, 9.17) is 5.73 Å². The summed E-state index contributed by atoms with van der Waals surface area (Å²) in [6, 6.07) is 5.88. The molecule has 2 N–H and O–H groups in total. The molecule has 0 spiro atoms. The Hall–Kier alpha value is -1.51. The molecule has 1 aromatic carbocycles. The van der Waals surface area contributed by atoms with E-state index in [-0.39, 0.29) is 11.8 Å². The summed E-state index contributed by atoms with van der Waals surface area (Å²) in [6.07, 6.45) is 3.88. The predicted octanol–water partition coefficient (Wildman–Crippen LogP) is 2.98. The van der Waals surface area contributed by atoms with Crippen molar-refractivity contribution in [2.24, 2.45) is 5.92 Å². The van der Waals surface area contributed by atoms with Crippen LogP contribution in [0.1, 0.15) is 38.7 Å². The van der Waals surface area contributed by atoms with Crippen LogP contribution in [0.5, 0.6) is 0 Å². The second-order valence-electron chi connectivity index (χ2n) is 4.99. The van der Waals surface area contributed by atoms with Gasteiger partial charge in [-0.05, 0) is 49.4 Å². The van der Waals surface area contributed by atoms with Crippen molar-refractivity contribution in [3.63, 3.8) is 0 Å². The van der Waals surface area contributed by atoms with Crippen LogP contribution in [0.2, 0.25) is 0 Å². The van der Waals surface area contributed by atoms with Crippen LogP contribution in [0.4, 0.5) is 11.4 Å². The predicted molar refractivity (Wildman–Crippen MR) is 75.6 cm³/mol. The van der Waals surface area contributed by atoms with Gasteiger partial charge in [-0.25, -0.2) is 0 Å². The summed E-state index contributed by atoms with van der Waals surface area (Å²) in [5, 5.41) is 0. The first-order chi connectivity index (χ1) is 8.67. The Morgan fingerprint density at radius 3 is 2.78 bits per heavy atom. The molecular formula is C15H22N2O.